The van der Waals surface area contributed by atoms with Crippen molar-refractivity contribution in [1.29, 1.82) is 0 Å². The Kier molecular flexibility index (Phi) is 5.58. The highest BCUT2D eigenvalue weighted by Gasteiger charge is 2.16. The van der Waals surface area contributed by atoms with Gasteiger partial charge in [0.15, 0.2) is 5.82 Å². The van der Waals surface area contributed by atoms with E-state index in [-0.39, 0.29) is 28.5 Å². The molecule has 2 amide bonds. The highest BCUT2D eigenvalue weighted by molar-refractivity contribution is 6.07. The number of carbonyl (C=O) groups is 2. The Bertz CT molecular complexity index is 1060. The smallest absolute Gasteiger partial charge is 0.260 e. The van der Waals surface area contributed by atoms with E-state index in [1.54, 1.807) is 6.07 Å². The molecule has 3 aromatic rings. The quantitative estimate of drug-likeness (QED) is 0.519. The number of hydrogen-bond acceptors (Lipinski definition) is 4. The first-order valence-corrected chi connectivity index (χ1v) is 8.70. The van der Waals surface area contributed by atoms with Gasteiger partial charge in [-0.2, -0.15) is 5.10 Å². The standard InChI is InChI=1S/C20H18F2N4O3/c1-10(2)16-9-18(26-25-16)24-20(29)15-4-3-14(8-17(15)27)23-19(28)11-5-12(21)7-13(22)6-11/h3-10,27H,1-2H3,(H,23,28)(H2,24,25,26,29). The van der Waals surface area contributed by atoms with Gasteiger partial charge in [-0.1, -0.05) is 13.8 Å². The van der Waals surface area contributed by atoms with E-state index in [1.165, 1.54) is 12.1 Å². The van der Waals surface area contributed by atoms with Crippen LogP contribution in [0.15, 0.2) is 42.5 Å². The van der Waals surface area contributed by atoms with Crippen LogP contribution >= 0.6 is 0 Å². The van der Waals surface area contributed by atoms with Gasteiger partial charge in [-0.05, 0) is 30.2 Å². The Labute approximate surface area is 164 Å². The molecule has 150 valence electrons. The summed E-state index contributed by atoms with van der Waals surface area (Å²) in [4.78, 5) is 24.5. The van der Waals surface area contributed by atoms with Crippen LogP contribution in [0, 0.1) is 11.6 Å². The molecule has 0 radical (unpaired) electrons. The van der Waals surface area contributed by atoms with E-state index in [0.717, 1.165) is 23.9 Å². The maximum Gasteiger partial charge on any atom is 0.260 e. The number of phenolic OH excluding ortho intramolecular Hbond substituents is 1. The summed E-state index contributed by atoms with van der Waals surface area (Å²) in [6.07, 6.45) is 0. The van der Waals surface area contributed by atoms with Crippen LogP contribution in [0.5, 0.6) is 5.75 Å². The van der Waals surface area contributed by atoms with Gasteiger partial charge >= 0.3 is 0 Å². The van der Waals surface area contributed by atoms with Gasteiger partial charge < -0.3 is 15.7 Å². The molecular weight excluding hydrogens is 382 g/mol. The van der Waals surface area contributed by atoms with Gasteiger partial charge in [0.05, 0.1) is 5.56 Å². The van der Waals surface area contributed by atoms with Crippen LogP contribution in [-0.2, 0) is 0 Å². The second kappa shape index (κ2) is 8.09. The largest absolute Gasteiger partial charge is 0.507 e. The number of halogens is 2. The molecular formula is C20H18F2N4O3. The number of amides is 2. The van der Waals surface area contributed by atoms with Crippen molar-refractivity contribution < 1.29 is 23.5 Å². The Morgan fingerprint density at radius 2 is 1.69 bits per heavy atom. The molecule has 0 spiro atoms. The second-order valence-corrected chi connectivity index (χ2v) is 6.66. The van der Waals surface area contributed by atoms with E-state index in [9.17, 15) is 23.5 Å². The van der Waals surface area contributed by atoms with Crippen LogP contribution in [0.25, 0.3) is 0 Å². The second-order valence-electron chi connectivity index (χ2n) is 6.66. The number of H-pyrrole nitrogens is 1. The SMILES string of the molecule is CC(C)c1cc(NC(=O)c2ccc(NC(=O)c3cc(F)cc(F)c3)cc2O)n[nH]1. The molecule has 7 nitrogen and oxygen atoms in total. The maximum atomic E-state index is 13.2. The number of benzene rings is 2. The van der Waals surface area contributed by atoms with E-state index >= 15 is 0 Å². The van der Waals surface area contributed by atoms with Crippen molar-refractivity contribution in [1.82, 2.24) is 10.2 Å². The molecule has 2 aromatic carbocycles. The van der Waals surface area contributed by atoms with Gasteiger partial charge in [0.25, 0.3) is 11.8 Å². The van der Waals surface area contributed by atoms with Gasteiger partial charge in [-0.15, -0.1) is 0 Å². The third kappa shape index (κ3) is 4.75. The molecule has 1 aromatic heterocycles. The van der Waals surface area contributed by atoms with E-state index < -0.39 is 23.4 Å². The molecule has 1 heterocycles. The minimum Gasteiger partial charge on any atom is -0.507 e. The predicted octanol–water partition coefficient (Wildman–Crippen LogP) is 4.02. The van der Waals surface area contributed by atoms with Crippen molar-refractivity contribution in [3.8, 4) is 5.75 Å². The molecule has 0 aliphatic heterocycles. The van der Waals surface area contributed by atoms with Crippen molar-refractivity contribution in [2.75, 3.05) is 10.6 Å². The number of nitrogens with one attached hydrogen (secondary N) is 3. The topological polar surface area (TPSA) is 107 Å². The van der Waals surface area contributed by atoms with Gasteiger partial charge in [0.1, 0.15) is 17.4 Å². The lowest BCUT2D eigenvalue weighted by Gasteiger charge is -2.09. The molecule has 0 aliphatic carbocycles. The lowest BCUT2D eigenvalue weighted by Crippen LogP contribution is -2.14. The zero-order valence-electron chi connectivity index (χ0n) is 15.6. The number of aromatic amines is 1. The monoisotopic (exact) mass is 400 g/mol. The van der Waals surface area contributed by atoms with Crippen molar-refractivity contribution in [2.24, 2.45) is 0 Å². The first-order valence-electron chi connectivity index (χ1n) is 8.70. The predicted molar refractivity (Wildman–Crippen MR) is 103 cm³/mol. The summed E-state index contributed by atoms with van der Waals surface area (Å²) in [5.41, 5.74) is 0.740. The lowest BCUT2D eigenvalue weighted by molar-refractivity contribution is 0.101. The maximum absolute atomic E-state index is 13.2. The average Bonchev–Trinajstić information content (AvgIpc) is 3.09. The first-order chi connectivity index (χ1) is 13.7. The number of hydrogen-bond donors (Lipinski definition) is 4. The number of rotatable bonds is 5. The normalized spacial score (nSPS) is 10.8. The summed E-state index contributed by atoms with van der Waals surface area (Å²) in [6.45, 7) is 3.94. The van der Waals surface area contributed by atoms with Crippen molar-refractivity contribution in [3.63, 3.8) is 0 Å². The third-order valence-electron chi connectivity index (χ3n) is 4.09. The van der Waals surface area contributed by atoms with Gasteiger partial charge in [0, 0.05) is 35.1 Å². The Balaban J connectivity index is 1.72. The molecule has 0 atom stereocenters. The number of aromatic hydroxyl groups is 1. The summed E-state index contributed by atoms with van der Waals surface area (Å²) in [6, 6.07) is 7.96. The van der Waals surface area contributed by atoms with Crippen molar-refractivity contribution in [3.05, 3.63) is 70.9 Å². The van der Waals surface area contributed by atoms with Crippen molar-refractivity contribution in [2.45, 2.75) is 19.8 Å². The summed E-state index contributed by atoms with van der Waals surface area (Å²) in [7, 11) is 0. The average molecular weight is 400 g/mol. The van der Waals surface area contributed by atoms with Gasteiger partial charge in [0.2, 0.25) is 0 Å². The molecule has 0 saturated heterocycles. The third-order valence-corrected chi connectivity index (χ3v) is 4.09. The Morgan fingerprint density at radius 1 is 1.00 bits per heavy atom. The molecule has 0 bridgehead atoms. The number of phenols is 1. The van der Waals surface area contributed by atoms with Crippen LogP contribution in [0.2, 0.25) is 0 Å². The van der Waals surface area contributed by atoms with E-state index in [0.29, 0.717) is 11.9 Å². The molecule has 0 unspecified atom stereocenters. The summed E-state index contributed by atoms with van der Waals surface area (Å²) >= 11 is 0. The van der Waals surface area contributed by atoms with Crippen LogP contribution in [-0.4, -0.2) is 27.1 Å². The molecule has 4 N–H and O–H groups in total. The van der Waals surface area contributed by atoms with Crippen LogP contribution in [0.4, 0.5) is 20.3 Å². The van der Waals surface area contributed by atoms with Gasteiger partial charge in [-0.3, -0.25) is 14.7 Å². The van der Waals surface area contributed by atoms with Crippen LogP contribution < -0.4 is 10.6 Å². The first kappa shape index (κ1) is 20.0. The minimum atomic E-state index is -0.885. The fraction of sp³-hybridized carbons (Fsp3) is 0.150. The minimum absolute atomic E-state index is 0.0334. The van der Waals surface area contributed by atoms with Crippen LogP contribution in [0.1, 0.15) is 46.2 Å². The summed E-state index contributed by atoms with van der Waals surface area (Å²) in [5, 5.41) is 21.9. The van der Waals surface area contributed by atoms with Gasteiger partial charge in [-0.25, -0.2) is 8.78 Å². The van der Waals surface area contributed by atoms with E-state index in [1.807, 2.05) is 13.8 Å². The van der Waals surface area contributed by atoms with Crippen molar-refractivity contribution >= 4 is 23.3 Å². The Hall–Kier alpha value is -3.75. The molecule has 0 fully saturated rings. The highest BCUT2D eigenvalue weighted by atomic mass is 19.1. The number of aromatic nitrogens is 2. The zero-order chi connectivity index (χ0) is 21.1. The van der Waals surface area contributed by atoms with E-state index in [2.05, 4.69) is 20.8 Å². The molecule has 3 rings (SSSR count). The summed E-state index contributed by atoms with van der Waals surface area (Å²) < 4.78 is 26.5. The highest BCUT2D eigenvalue weighted by Crippen LogP contribution is 2.24. The molecule has 29 heavy (non-hydrogen) atoms. The molecule has 0 saturated carbocycles. The fourth-order valence-electron chi connectivity index (χ4n) is 2.57. The molecule has 0 aliphatic rings. The van der Waals surface area contributed by atoms with E-state index in [4.69, 9.17) is 0 Å². The summed E-state index contributed by atoms with van der Waals surface area (Å²) in [5.74, 6) is -3.00. The zero-order valence-corrected chi connectivity index (χ0v) is 15.6. The van der Waals surface area contributed by atoms with Crippen LogP contribution in [0.3, 0.4) is 0 Å². The Morgan fingerprint density at radius 3 is 2.28 bits per heavy atom. The lowest BCUT2D eigenvalue weighted by atomic mass is 10.1. The number of nitrogens with zero attached hydrogens (tertiary/aromatic N) is 1. The molecule has 9 heteroatoms. The number of anilines is 2. The number of carbonyl (C=O) groups excluding carboxylic acids is 2. The fourth-order valence-corrected chi connectivity index (χ4v) is 2.57.